The molecule has 0 aromatic carbocycles. The molecule has 0 N–H and O–H groups in total. The number of carbonyl (C=O) groups is 4. The van der Waals surface area contributed by atoms with Gasteiger partial charge in [-0.1, -0.05) is 12.2 Å². The Balaban J connectivity index is 2.09. The van der Waals surface area contributed by atoms with Crippen molar-refractivity contribution in [3.63, 3.8) is 0 Å². The Hall–Kier alpha value is -2.02. The SMILES string of the molecule is CCOC(=O)[C@H]1[C@H](OC(C)=O)C[C@@H]2O[C@@H](C)C(=O)[C@@H]3CC=C[C@@H]1[C@]23C=O. The number of esters is 2. The van der Waals surface area contributed by atoms with Crippen LogP contribution >= 0.6 is 0 Å². The van der Waals surface area contributed by atoms with E-state index in [0.29, 0.717) is 6.42 Å². The summed E-state index contributed by atoms with van der Waals surface area (Å²) in [5.41, 5.74) is -1.13. The lowest BCUT2D eigenvalue weighted by Gasteiger charge is -2.57. The maximum Gasteiger partial charge on any atom is 0.313 e. The van der Waals surface area contributed by atoms with Crippen LogP contribution in [0.1, 0.15) is 33.6 Å². The van der Waals surface area contributed by atoms with Crippen molar-refractivity contribution in [2.45, 2.75) is 51.9 Å². The minimum absolute atomic E-state index is 0.128. The molecule has 26 heavy (non-hydrogen) atoms. The highest BCUT2D eigenvalue weighted by atomic mass is 16.6. The Labute approximate surface area is 152 Å². The first kappa shape index (κ1) is 18.8. The quantitative estimate of drug-likeness (QED) is 0.421. The number of allylic oxidation sites excluding steroid dienone is 2. The summed E-state index contributed by atoms with van der Waals surface area (Å²) in [6.45, 7) is 4.81. The minimum atomic E-state index is -1.13. The number of ether oxygens (including phenoxy) is 3. The van der Waals surface area contributed by atoms with Gasteiger partial charge in [0.25, 0.3) is 0 Å². The van der Waals surface area contributed by atoms with Crippen molar-refractivity contribution < 1.29 is 33.4 Å². The minimum Gasteiger partial charge on any atom is -0.466 e. The summed E-state index contributed by atoms with van der Waals surface area (Å²) in [5, 5.41) is 0. The molecule has 7 heteroatoms. The van der Waals surface area contributed by atoms with E-state index in [9.17, 15) is 19.2 Å². The van der Waals surface area contributed by atoms with E-state index < -0.39 is 53.4 Å². The highest BCUT2D eigenvalue weighted by Crippen LogP contribution is 2.57. The third kappa shape index (κ3) is 2.69. The van der Waals surface area contributed by atoms with E-state index in [1.807, 2.05) is 6.08 Å². The van der Waals surface area contributed by atoms with Crippen molar-refractivity contribution in [3.8, 4) is 0 Å². The zero-order chi connectivity index (χ0) is 19.1. The molecular weight excluding hydrogens is 340 g/mol. The molecule has 2 aliphatic carbocycles. The lowest BCUT2D eigenvalue weighted by molar-refractivity contribution is -0.218. The van der Waals surface area contributed by atoms with Gasteiger partial charge in [0.2, 0.25) is 0 Å². The van der Waals surface area contributed by atoms with Crippen LogP contribution in [0.3, 0.4) is 0 Å². The predicted molar refractivity (Wildman–Crippen MR) is 88.9 cm³/mol. The first-order valence-electron chi connectivity index (χ1n) is 9.02. The molecule has 1 saturated carbocycles. The van der Waals surface area contributed by atoms with Gasteiger partial charge in [-0.05, 0) is 20.3 Å². The van der Waals surface area contributed by atoms with Gasteiger partial charge in [0.1, 0.15) is 24.4 Å². The van der Waals surface area contributed by atoms with Crippen molar-refractivity contribution in [1.82, 2.24) is 0 Å². The van der Waals surface area contributed by atoms with Crippen LogP contribution in [0, 0.1) is 23.2 Å². The number of ketones is 1. The average molecular weight is 364 g/mol. The molecule has 7 nitrogen and oxygen atoms in total. The van der Waals surface area contributed by atoms with Crippen molar-refractivity contribution >= 4 is 24.0 Å². The molecule has 142 valence electrons. The first-order valence-corrected chi connectivity index (χ1v) is 9.02. The van der Waals surface area contributed by atoms with Crippen LogP contribution in [-0.2, 0) is 33.4 Å². The average Bonchev–Trinajstić information content (AvgIpc) is 2.59. The zero-order valence-corrected chi connectivity index (χ0v) is 15.2. The zero-order valence-electron chi connectivity index (χ0n) is 15.2. The fraction of sp³-hybridized carbons (Fsp3) is 0.684. The van der Waals surface area contributed by atoms with Gasteiger partial charge in [-0.3, -0.25) is 14.4 Å². The van der Waals surface area contributed by atoms with E-state index in [1.165, 1.54) is 6.92 Å². The summed E-state index contributed by atoms with van der Waals surface area (Å²) in [6, 6.07) is 0. The van der Waals surface area contributed by atoms with Crippen LogP contribution in [0.15, 0.2) is 12.2 Å². The molecule has 1 saturated heterocycles. The fourth-order valence-electron chi connectivity index (χ4n) is 4.87. The highest BCUT2D eigenvalue weighted by Gasteiger charge is 2.66. The summed E-state index contributed by atoms with van der Waals surface area (Å²) < 4.78 is 16.5. The number of hydrogen-bond donors (Lipinski definition) is 0. The predicted octanol–water partition coefficient (Wildman–Crippen LogP) is 1.24. The topological polar surface area (TPSA) is 96.0 Å². The van der Waals surface area contributed by atoms with Crippen molar-refractivity contribution in [1.29, 1.82) is 0 Å². The van der Waals surface area contributed by atoms with Gasteiger partial charge >= 0.3 is 11.9 Å². The summed E-state index contributed by atoms with van der Waals surface area (Å²) in [6.07, 6.45) is 3.00. The van der Waals surface area contributed by atoms with E-state index >= 15 is 0 Å². The second-order valence-electron chi connectivity index (χ2n) is 7.19. The van der Waals surface area contributed by atoms with Crippen LogP contribution in [0.25, 0.3) is 0 Å². The van der Waals surface area contributed by atoms with Gasteiger partial charge in [0.15, 0.2) is 5.78 Å². The number of carbonyl (C=O) groups excluding carboxylic acids is 4. The monoisotopic (exact) mass is 364 g/mol. The molecule has 0 spiro atoms. The third-order valence-corrected chi connectivity index (χ3v) is 5.88. The Morgan fingerprint density at radius 1 is 1.42 bits per heavy atom. The maximum absolute atomic E-state index is 12.7. The molecule has 0 bridgehead atoms. The lowest BCUT2D eigenvalue weighted by atomic mass is 9.50. The molecule has 0 unspecified atom stereocenters. The molecule has 0 amide bonds. The van der Waals surface area contributed by atoms with Gasteiger partial charge in [0.05, 0.1) is 18.1 Å². The summed E-state index contributed by atoms with van der Waals surface area (Å²) >= 11 is 0. The van der Waals surface area contributed by atoms with E-state index in [2.05, 4.69) is 0 Å². The van der Waals surface area contributed by atoms with Gasteiger partial charge < -0.3 is 19.0 Å². The molecule has 7 atom stereocenters. The standard InChI is InChI=1S/C19H24O7/c1-4-24-18(23)16-12-6-5-7-13-17(22)10(2)25-15(19(12,13)9-20)8-14(16)26-11(3)21/h5-6,9-10,12-16H,4,7-8H2,1-3H3/t10-,12-,13-,14+,15-,16+,19-/m0/s1. The number of hydrogen-bond acceptors (Lipinski definition) is 7. The highest BCUT2D eigenvalue weighted by molar-refractivity contribution is 5.91. The molecule has 3 rings (SSSR count). The van der Waals surface area contributed by atoms with Gasteiger partial charge in [0, 0.05) is 25.2 Å². The van der Waals surface area contributed by atoms with Crippen LogP contribution in [0.2, 0.25) is 0 Å². The first-order chi connectivity index (χ1) is 12.4. The molecular formula is C19H24O7. The van der Waals surface area contributed by atoms with E-state index in [0.717, 1.165) is 6.29 Å². The Bertz CT molecular complexity index is 654. The van der Waals surface area contributed by atoms with E-state index in [-0.39, 0.29) is 18.8 Å². The van der Waals surface area contributed by atoms with Gasteiger partial charge in [-0.25, -0.2) is 0 Å². The molecule has 0 radical (unpaired) electrons. The number of Topliss-reactive ketones (excluding diaryl/α,β-unsaturated/α-hetero) is 1. The van der Waals surface area contributed by atoms with Crippen LogP contribution in [-0.4, -0.2) is 48.9 Å². The fourth-order valence-corrected chi connectivity index (χ4v) is 4.87. The van der Waals surface area contributed by atoms with E-state index in [1.54, 1.807) is 19.9 Å². The summed E-state index contributed by atoms with van der Waals surface area (Å²) in [4.78, 5) is 49.3. The Morgan fingerprint density at radius 3 is 2.77 bits per heavy atom. The van der Waals surface area contributed by atoms with Gasteiger partial charge in [-0.15, -0.1) is 0 Å². The summed E-state index contributed by atoms with van der Waals surface area (Å²) in [7, 11) is 0. The van der Waals surface area contributed by atoms with Crippen LogP contribution in [0.5, 0.6) is 0 Å². The van der Waals surface area contributed by atoms with E-state index in [4.69, 9.17) is 14.2 Å². The normalized spacial score (nSPS) is 41.1. The second-order valence-corrected chi connectivity index (χ2v) is 7.19. The second kappa shape index (κ2) is 6.95. The molecule has 3 aliphatic rings. The van der Waals surface area contributed by atoms with Gasteiger partial charge in [-0.2, -0.15) is 0 Å². The maximum atomic E-state index is 12.7. The van der Waals surface area contributed by atoms with Crippen molar-refractivity contribution in [3.05, 3.63) is 12.2 Å². The van der Waals surface area contributed by atoms with Crippen molar-refractivity contribution in [2.24, 2.45) is 23.2 Å². The molecule has 1 heterocycles. The largest absolute Gasteiger partial charge is 0.466 e. The number of aldehydes is 1. The molecule has 0 aromatic heterocycles. The Morgan fingerprint density at radius 2 is 2.15 bits per heavy atom. The Kier molecular flexibility index (Phi) is 5.01. The summed E-state index contributed by atoms with van der Waals surface area (Å²) in [5.74, 6) is -3.17. The lowest BCUT2D eigenvalue weighted by Crippen LogP contribution is -2.67. The van der Waals surface area contributed by atoms with Crippen LogP contribution in [0.4, 0.5) is 0 Å². The number of rotatable bonds is 4. The molecule has 0 aromatic rings. The van der Waals surface area contributed by atoms with Crippen molar-refractivity contribution in [2.75, 3.05) is 6.61 Å². The smallest absolute Gasteiger partial charge is 0.313 e. The van der Waals surface area contributed by atoms with Crippen LogP contribution < -0.4 is 0 Å². The third-order valence-electron chi connectivity index (χ3n) is 5.88. The molecule has 2 fully saturated rings. The molecule has 1 aliphatic heterocycles.